The number of fused-ring (bicyclic) bond motifs is 1. The van der Waals surface area contributed by atoms with Gasteiger partial charge in [0.2, 0.25) is 5.91 Å². The summed E-state index contributed by atoms with van der Waals surface area (Å²) < 4.78 is 15.3. The van der Waals surface area contributed by atoms with Crippen molar-refractivity contribution < 1.29 is 9.18 Å². The van der Waals surface area contributed by atoms with Crippen LogP contribution < -0.4 is 5.32 Å². The Labute approximate surface area is 160 Å². The largest absolute Gasteiger partial charge is 0.356 e. The summed E-state index contributed by atoms with van der Waals surface area (Å²) in [6.07, 6.45) is 4.32. The van der Waals surface area contributed by atoms with Gasteiger partial charge in [-0.3, -0.25) is 4.79 Å². The van der Waals surface area contributed by atoms with Crippen LogP contribution in [0.4, 0.5) is 4.39 Å². The molecule has 0 radical (unpaired) electrons. The maximum Gasteiger partial charge on any atom is 0.220 e. The molecule has 0 fully saturated rings. The van der Waals surface area contributed by atoms with Crippen molar-refractivity contribution in [3.63, 3.8) is 0 Å². The van der Waals surface area contributed by atoms with E-state index in [1.54, 1.807) is 0 Å². The number of hydrogen-bond acceptors (Lipinski definition) is 1. The molecule has 0 spiro atoms. The van der Waals surface area contributed by atoms with Crippen LogP contribution in [0.15, 0.2) is 54.7 Å². The highest BCUT2D eigenvalue weighted by Gasteiger charge is 2.10. The molecule has 0 saturated carbocycles. The molecule has 0 aliphatic rings. The Morgan fingerprint density at radius 1 is 1.11 bits per heavy atom. The van der Waals surface area contributed by atoms with Crippen molar-refractivity contribution in [3.8, 4) is 0 Å². The molecule has 0 aliphatic carbocycles. The Hall–Kier alpha value is -2.62. The van der Waals surface area contributed by atoms with E-state index in [1.165, 1.54) is 23.1 Å². The summed E-state index contributed by atoms with van der Waals surface area (Å²) in [5.74, 6) is 0.473. The third-order valence-corrected chi connectivity index (χ3v) is 4.80. The lowest BCUT2D eigenvalue weighted by Gasteiger charge is -2.07. The Morgan fingerprint density at radius 2 is 1.85 bits per heavy atom. The Bertz CT molecular complexity index is 896. The highest BCUT2D eigenvalue weighted by molar-refractivity contribution is 5.85. The van der Waals surface area contributed by atoms with Gasteiger partial charge >= 0.3 is 0 Å². The normalized spacial score (nSPS) is 11.3. The molecule has 1 N–H and O–H groups in total. The molecule has 0 saturated heterocycles. The van der Waals surface area contributed by atoms with Crippen molar-refractivity contribution >= 4 is 16.8 Å². The van der Waals surface area contributed by atoms with Crippen LogP contribution in [-0.2, 0) is 17.8 Å². The van der Waals surface area contributed by atoms with Crippen LogP contribution in [0.1, 0.15) is 37.8 Å². The number of benzene rings is 2. The molecule has 2 aromatic carbocycles. The second kappa shape index (κ2) is 8.85. The van der Waals surface area contributed by atoms with E-state index in [-0.39, 0.29) is 11.7 Å². The van der Waals surface area contributed by atoms with E-state index in [9.17, 15) is 9.18 Å². The van der Waals surface area contributed by atoms with Crippen molar-refractivity contribution in [2.24, 2.45) is 5.92 Å². The number of halogens is 1. The van der Waals surface area contributed by atoms with Crippen LogP contribution in [0.2, 0.25) is 0 Å². The molecule has 3 aromatic rings. The van der Waals surface area contributed by atoms with E-state index < -0.39 is 0 Å². The number of rotatable bonds is 8. The third-order valence-electron chi connectivity index (χ3n) is 4.80. The van der Waals surface area contributed by atoms with Gasteiger partial charge in [0, 0.05) is 36.6 Å². The number of amides is 1. The van der Waals surface area contributed by atoms with E-state index >= 15 is 0 Å². The minimum atomic E-state index is -0.222. The SMILES string of the molecule is CC(C)CCNC(=O)CCc1cn(Cc2ccc(F)cc2)c2ccccc12. The highest BCUT2D eigenvalue weighted by Crippen LogP contribution is 2.23. The monoisotopic (exact) mass is 366 g/mol. The van der Waals surface area contributed by atoms with Crippen LogP contribution in [0.3, 0.4) is 0 Å². The second-order valence-electron chi connectivity index (χ2n) is 7.46. The zero-order valence-electron chi connectivity index (χ0n) is 16.0. The number of carbonyl (C=O) groups is 1. The van der Waals surface area contributed by atoms with Gasteiger partial charge in [-0.2, -0.15) is 0 Å². The van der Waals surface area contributed by atoms with Gasteiger partial charge in [0.05, 0.1) is 0 Å². The first kappa shape index (κ1) is 19.2. The molecular weight excluding hydrogens is 339 g/mol. The van der Waals surface area contributed by atoms with E-state index in [0.29, 0.717) is 25.3 Å². The van der Waals surface area contributed by atoms with Crippen LogP contribution in [-0.4, -0.2) is 17.0 Å². The van der Waals surface area contributed by atoms with Gasteiger partial charge in [-0.25, -0.2) is 4.39 Å². The molecule has 0 aliphatic heterocycles. The van der Waals surface area contributed by atoms with Gasteiger partial charge in [0.25, 0.3) is 0 Å². The van der Waals surface area contributed by atoms with Crippen molar-refractivity contribution in [1.29, 1.82) is 0 Å². The fourth-order valence-corrected chi connectivity index (χ4v) is 3.28. The predicted octanol–water partition coefficient (Wildman–Crippen LogP) is 4.92. The molecule has 3 nitrogen and oxygen atoms in total. The molecule has 4 heteroatoms. The van der Waals surface area contributed by atoms with Gasteiger partial charge in [0.15, 0.2) is 0 Å². The van der Waals surface area contributed by atoms with E-state index in [0.717, 1.165) is 24.0 Å². The first-order valence-electron chi connectivity index (χ1n) is 9.61. The molecule has 142 valence electrons. The summed E-state index contributed by atoms with van der Waals surface area (Å²) in [4.78, 5) is 12.1. The molecule has 0 bridgehead atoms. The fourth-order valence-electron chi connectivity index (χ4n) is 3.28. The lowest BCUT2D eigenvalue weighted by molar-refractivity contribution is -0.121. The maximum absolute atomic E-state index is 13.1. The molecule has 3 rings (SSSR count). The van der Waals surface area contributed by atoms with Crippen LogP contribution in [0.5, 0.6) is 0 Å². The Kier molecular flexibility index (Phi) is 6.28. The van der Waals surface area contributed by atoms with Crippen molar-refractivity contribution in [2.45, 2.75) is 39.7 Å². The second-order valence-corrected chi connectivity index (χ2v) is 7.46. The Balaban J connectivity index is 1.70. The summed E-state index contributed by atoms with van der Waals surface area (Å²) in [6, 6.07) is 14.8. The standard InChI is InChI=1S/C23H27FN2O/c1-17(2)13-14-25-23(27)12-9-19-16-26(22-6-4-3-5-21(19)22)15-18-7-10-20(24)11-8-18/h3-8,10-11,16-17H,9,12-15H2,1-2H3,(H,25,27). The van der Waals surface area contributed by atoms with Gasteiger partial charge in [0.1, 0.15) is 5.82 Å². The van der Waals surface area contributed by atoms with E-state index in [4.69, 9.17) is 0 Å². The molecule has 0 unspecified atom stereocenters. The molecule has 27 heavy (non-hydrogen) atoms. The van der Waals surface area contributed by atoms with Gasteiger partial charge < -0.3 is 9.88 Å². The maximum atomic E-state index is 13.1. The lowest BCUT2D eigenvalue weighted by Crippen LogP contribution is -2.25. The first-order valence-corrected chi connectivity index (χ1v) is 9.61. The van der Waals surface area contributed by atoms with Gasteiger partial charge in [-0.1, -0.05) is 44.2 Å². The molecule has 1 aromatic heterocycles. The quantitative estimate of drug-likeness (QED) is 0.603. The average molecular weight is 366 g/mol. The van der Waals surface area contributed by atoms with Gasteiger partial charge in [-0.15, -0.1) is 0 Å². The molecule has 0 atom stereocenters. The minimum Gasteiger partial charge on any atom is -0.356 e. The lowest BCUT2D eigenvalue weighted by atomic mass is 10.1. The summed E-state index contributed by atoms with van der Waals surface area (Å²) in [6.45, 7) is 5.73. The minimum absolute atomic E-state index is 0.103. The number of nitrogens with zero attached hydrogens (tertiary/aromatic N) is 1. The molecular formula is C23H27FN2O. The zero-order valence-corrected chi connectivity index (χ0v) is 16.0. The smallest absolute Gasteiger partial charge is 0.220 e. The Morgan fingerprint density at radius 3 is 2.59 bits per heavy atom. The summed E-state index contributed by atoms with van der Waals surface area (Å²) >= 11 is 0. The number of nitrogens with one attached hydrogen (secondary N) is 1. The van der Waals surface area contributed by atoms with E-state index in [1.807, 2.05) is 24.3 Å². The van der Waals surface area contributed by atoms with Crippen LogP contribution in [0.25, 0.3) is 10.9 Å². The number of carbonyl (C=O) groups excluding carboxylic acids is 1. The summed E-state index contributed by atoms with van der Waals surface area (Å²) in [7, 11) is 0. The van der Waals surface area contributed by atoms with Crippen molar-refractivity contribution in [3.05, 3.63) is 71.7 Å². The summed E-state index contributed by atoms with van der Waals surface area (Å²) in [5.41, 5.74) is 3.36. The van der Waals surface area contributed by atoms with Crippen LogP contribution in [0, 0.1) is 11.7 Å². The number of para-hydroxylation sites is 1. The zero-order chi connectivity index (χ0) is 19.2. The predicted molar refractivity (Wildman–Crippen MR) is 108 cm³/mol. The molecule has 1 heterocycles. The molecule has 1 amide bonds. The van der Waals surface area contributed by atoms with Crippen molar-refractivity contribution in [1.82, 2.24) is 9.88 Å². The first-order chi connectivity index (χ1) is 13.0. The highest BCUT2D eigenvalue weighted by atomic mass is 19.1. The topological polar surface area (TPSA) is 34.0 Å². The fraction of sp³-hybridized carbons (Fsp3) is 0.348. The third kappa shape index (κ3) is 5.19. The average Bonchev–Trinajstić information content (AvgIpc) is 2.99. The summed E-state index contributed by atoms with van der Waals surface area (Å²) in [5, 5.41) is 4.18. The number of hydrogen-bond donors (Lipinski definition) is 1. The van der Waals surface area contributed by atoms with Crippen LogP contribution >= 0.6 is 0 Å². The van der Waals surface area contributed by atoms with Crippen molar-refractivity contribution in [2.75, 3.05) is 6.54 Å². The number of aryl methyl sites for hydroxylation is 1. The van der Waals surface area contributed by atoms with E-state index in [2.05, 4.69) is 42.1 Å². The number of aromatic nitrogens is 1. The van der Waals surface area contributed by atoms with Gasteiger partial charge in [-0.05, 0) is 48.1 Å².